The van der Waals surface area contributed by atoms with Gasteiger partial charge < -0.3 is 10.6 Å². The van der Waals surface area contributed by atoms with E-state index in [0.717, 1.165) is 13.1 Å². The predicted molar refractivity (Wildman–Crippen MR) is 77.5 cm³/mol. The topological polar surface area (TPSA) is 73.5 Å². The largest absolute Gasteiger partial charge is 0.338 e. The van der Waals surface area contributed by atoms with E-state index < -0.39 is 6.03 Å². The van der Waals surface area contributed by atoms with Gasteiger partial charge in [-0.25, -0.2) is 4.79 Å². The maximum Gasteiger partial charge on any atom is 0.321 e. The molecule has 0 radical (unpaired) electrons. The van der Waals surface area contributed by atoms with Gasteiger partial charge in [0.1, 0.15) is 0 Å². The molecule has 3 amide bonds. The molecule has 0 aromatic carbocycles. The van der Waals surface area contributed by atoms with Crippen molar-refractivity contribution >= 4 is 11.9 Å². The van der Waals surface area contributed by atoms with Gasteiger partial charge in [-0.3, -0.25) is 15.0 Å². The van der Waals surface area contributed by atoms with Crippen LogP contribution in [0.2, 0.25) is 0 Å². The lowest BCUT2D eigenvalue weighted by Gasteiger charge is -2.30. The van der Waals surface area contributed by atoms with Gasteiger partial charge in [0.25, 0.3) is 0 Å². The minimum absolute atomic E-state index is 0.210. The summed E-state index contributed by atoms with van der Waals surface area (Å²) in [5, 5.41) is 8.47. The molecule has 0 aromatic rings. The average molecular weight is 282 g/mol. The number of carbonyl (C=O) groups excluding carboxylic acids is 2. The highest BCUT2D eigenvalue weighted by atomic mass is 16.2. The summed E-state index contributed by atoms with van der Waals surface area (Å²) >= 11 is 0. The van der Waals surface area contributed by atoms with E-state index in [9.17, 15) is 9.59 Å². The number of hydrogen-bond donors (Lipinski definition) is 3. The van der Waals surface area contributed by atoms with Gasteiger partial charge in [0.05, 0.1) is 6.54 Å². The zero-order chi connectivity index (χ0) is 14.4. The highest BCUT2D eigenvalue weighted by molar-refractivity contribution is 5.95. The maximum absolute atomic E-state index is 11.9. The molecule has 1 heterocycles. The van der Waals surface area contributed by atoms with Gasteiger partial charge in [-0.2, -0.15) is 0 Å². The number of imide groups is 1. The van der Waals surface area contributed by atoms with E-state index in [1.165, 1.54) is 32.1 Å². The van der Waals surface area contributed by atoms with Crippen LogP contribution in [-0.2, 0) is 4.79 Å². The fourth-order valence-electron chi connectivity index (χ4n) is 2.70. The van der Waals surface area contributed by atoms with Crippen molar-refractivity contribution in [2.75, 3.05) is 26.2 Å². The van der Waals surface area contributed by atoms with Gasteiger partial charge in [0.15, 0.2) is 0 Å². The van der Waals surface area contributed by atoms with E-state index in [0.29, 0.717) is 25.2 Å². The van der Waals surface area contributed by atoms with Crippen molar-refractivity contribution in [3.8, 4) is 0 Å². The monoisotopic (exact) mass is 282 g/mol. The first-order chi connectivity index (χ1) is 9.69. The Morgan fingerprint density at radius 3 is 2.65 bits per heavy atom. The van der Waals surface area contributed by atoms with E-state index in [2.05, 4.69) is 20.9 Å². The predicted octanol–water partition coefficient (Wildman–Crippen LogP) is 0.439. The molecular weight excluding hydrogens is 256 g/mol. The molecule has 2 aliphatic rings. The normalized spacial score (nSPS) is 22.6. The number of amides is 3. The van der Waals surface area contributed by atoms with E-state index in [1.54, 1.807) is 0 Å². The Morgan fingerprint density at radius 2 is 2.05 bits per heavy atom. The highest BCUT2D eigenvalue weighted by Gasteiger charge is 2.32. The van der Waals surface area contributed by atoms with Crippen molar-refractivity contribution in [1.29, 1.82) is 0 Å². The van der Waals surface area contributed by atoms with Crippen LogP contribution in [0.4, 0.5) is 4.79 Å². The number of piperidine rings is 1. The van der Waals surface area contributed by atoms with E-state index >= 15 is 0 Å². The molecule has 0 bridgehead atoms. The van der Waals surface area contributed by atoms with E-state index in [1.807, 2.05) is 6.92 Å². The number of nitrogens with zero attached hydrogens (tertiary/aromatic N) is 1. The smallest absolute Gasteiger partial charge is 0.321 e. The summed E-state index contributed by atoms with van der Waals surface area (Å²) < 4.78 is 0. The minimum Gasteiger partial charge on any atom is -0.338 e. The van der Waals surface area contributed by atoms with Crippen LogP contribution in [-0.4, -0.2) is 55.1 Å². The Morgan fingerprint density at radius 1 is 1.25 bits per heavy atom. The number of rotatable bonds is 6. The summed E-state index contributed by atoms with van der Waals surface area (Å²) in [7, 11) is 0. The number of hydrogen-bond acceptors (Lipinski definition) is 4. The zero-order valence-electron chi connectivity index (χ0n) is 12.3. The van der Waals surface area contributed by atoms with Crippen molar-refractivity contribution in [3.63, 3.8) is 0 Å². The zero-order valence-corrected chi connectivity index (χ0v) is 12.3. The molecule has 1 aliphatic carbocycles. The second-order valence-electron chi connectivity index (χ2n) is 5.72. The van der Waals surface area contributed by atoms with Crippen molar-refractivity contribution in [2.24, 2.45) is 0 Å². The fourth-order valence-corrected chi connectivity index (χ4v) is 2.70. The molecule has 1 atom stereocenters. The molecule has 0 spiro atoms. The summed E-state index contributed by atoms with van der Waals surface area (Å²) in [6.07, 6.45) is 6.03. The lowest BCUT2D eigenvalue weighted by molar-refractivity contribution is -0.121. The lowest BCUT2D eigenvalue weighted by atomic mass is 10.0. The molecule has 1 saturated heterocycles. The van der Waals surface area contributed by atoms with Crippen LogP contribution < -0.4 is 16.0 Å². The van der Waals surface area contributed by atoms with Crippen molar-refractivity contribution in [1.82, 2.24) is 20.9 Å². The van der Waals surface area contributed by atoms with Crippen LogP contribution in [0.25, 0.3) is 0 Å². The summed E-state index contributed by atoms with van der Waals surface area (Å²) in [6, 6.07) is 0.615. The summed E-state index contributed by atoms with van der Waals surface area (Å²) in [5.74, 6) is -0.210. The van der Waals surface area contributed by atoms with Gasteiger partial charge in [0, 0.05) is 25.2 Å². The fraction of sp³-hybridized carbons (Fsp3) is 0.857. The minimum atomic E-state index is -0.399. The number of carbonyl (C=O) groups is 2. The Bertz CT molecular complexity index is 338. The van der Waals surface area contributed by atoms with Crippen molar-refractivity contribution in [2.45, 2.75) is 51.1 Å². The number of urea groups is 1. The van der Waals surface area contributed by atoms with Crippen molar-refractivity contribution in [3.05, 3.63) is 0 Å². The van der Waals surface area contributed by atoms with Gasteiger partial charge >= 0.3 is 6.03 Å². The maximum atomic E-state index is 11.9. The Balaban J connectivity index is 1.76. The molecule has 6 nitrogen and oxygen atoms in total. The molecular formula is C14H26N4O2. The molecule has 0 aromatic heterocycles. The molecule has 2 rings (SSSR count). The quantitative estimate of drug-likeness (QED) is 0.661. The summed E-state index contributed by atoms with van der Waals surface area (Å²) in [5.41, 5.74) is 0. The van der Waals surface area contributed by atoms with Crippen LogP contribution in [0.5, 0.6) is 0 Å². The molecule has 6 heteroatoms. The van der Waals surface area contributed by atoms with Gasteiger partial charge in [0.2, 0.25) is 5.91 Å². The Labute approximate surface area is 120 Å². The summed E-state index contributed by atoms with van der Waals surface area (Å²) in [6.45, 7) is 4.66. The van der Waals surface area contributed by atoms with E-state index in [-0.39, 0.29) is 5.91 Å². The van der Waals surface area contributed by atoms with Crippen LogP contribution in [0.3, 0.4) is 0 Å². The SMILES string of the molecule is CCNC(=O)NC(=O)CN(CC1CCCCN1)C1CC1. The van der Waals surface area contributed by atoms with Crippen LogP contribution in [0, 0.1) is 0 Å². The van der Waals surface area contributed by atoms with Gasteiger partial charge in [-0.15, -0.1) is 0 Å². The lowest BCUT2D eigenvalue weighted by Crippen LogP contribution is -2.49. The molecule has 114 valence electrons. The van der Waals surface area contributed by atoms with Gasteiger partial charge in [-0.1, -0.05) is 6.42 Å². The Kier molecular flexibility index (Phi) is 5.79. The number of nitrogens with one attached hydrogen (secondary N) is 3. The third-order valence-corrected chi connectivity index (χ3v) is 3.87. The van der Waals surface area contributed by atoms with Crippen molar-refractivity contribution < 1.29 is 9.59 Å². The second kappa shape index (κ2) is 7.59. The van der Waals surface area contributed by atoms with E-state index in [4.69, 9.17) is 0 Å². The molecule has 2 fully saturated rings. The van der Waals surface area contributed by atoms with Crippen LogP contribution in [0.1, 0.15) is 39.0 Å². The molecule has 3 N–H and O–H groups in total. The first-order valence-electron chi connectivity index (χ1n) is 7.74. The molecule has 20 heavy (non-hydrogen) atoms. The first-order valence-corrected chi connectivity index (χ1v) is 7.74. The Hall–Kier alpha value is -1.14. The third-order valence-electron chi connectivity index (χ3n) is 3.87. The average Bonchev–Trinajstić information content (AvgIpc) is 3.23. The van der Waals surface area contributed by atoms with Crippen LogP contribution in [0.15, 0.2) is 0 Å². The molecule has 1 saturated carbocycles. The van der Waals surface area contributed by atoms with Gasteiger partial charge in [-0.05, 0) is 39.2 Å². The van der Waals surface area contributed by atoms with Crippen LogP contribution >= 0.6 is 0 Å². The third kappa shape index (κ3) is 5.09. The standard InChI is InChI=1S/C14H26N4O2/c1-2-15-14(20)17-13(19)10-18(12-6-7-12)9-11-5-3-4-8-16-11/h11-12,16H,2-10H2,1H3,(H2,15,17,19,20). The summed E-state index contributed by atoms with van der Waals surface area (Å²) in [4.78, 5) is 25.4. The molecule has 1 unspecified atom stereocenters. The molecule has 1 aliphatic heterocycles. The highest BCUT2D eigenvalue weighted by Crippen LogP contribution is 2.27. The second-order valence-corrected chi connectivity index (χ2v) is 5.72. The first kappa shape index (κ1) is 15.3.